The van der Waals surface area contributed by atoms with Crippen LogP contribution in [0.4, 0.5) is 10.5 Å². The van der Waals surface area contributed by atoms with Crippen molar-refractivity contribution < 1.29 is 19.2 Å². The molecule has 2 aliphatic heterocycles. The lowest BCUT2D eigenvalue weighted by atomic mass is 10.1. The largest absolute Gasteiger partial charge is 0.334 e. The summed E-state index contributed by atoms with van der Waals surface area (Å²) in [6.45, 7) is 2.41. The van der Waals surface area contributed by atoms with Gasteiger partial charge in [0.1, 0.15) is 6.04 Å². The van der Waals surface area contributed by atoms with E-state index in [0.717, 1.165) is 16.7 Å². The number of fused-ring (bicyclic) bond motifs is 1. The Balaban J connectivity index is 1.40. The zero-order valence-electron chi connectivity index (χ0n) is 16.8. The molecule has 162 valence electrons. The van der Waals surface area contributed by atoms with E-state index in [2.05, 4.69) is 16.0 Å². The number of urea groups is 1. The van der Waals surface area contributed by atoms with Gasteiger partial charge in [0.25, 0.3) is 5.91 Å². The molecular formula is C21H21ClN4O4S. The molecule has 31 heavy (non-hydrogen) atoms. The smallest absolute Gasteiger partial charge is 0.319 e. The fourth-order valence-electron chi connectivity index (χ4n) is 3.73. The predicted octanol–water partition coefficient (Wildman–Crippen LogP) is 3.18. The van der Waals surface area contributed by atoms with Crippen LogP contribution in [0.5, 0.6) is 0 Å². The van der Waals surface area contributed by atoms with Crippen molar-refractivity contribution in [2.24, 2.45) is 0 Å². The standard InChI is InChI=1S/C21H21ClN4O4S/c1-11-5-6-13(7-15(11)22)24-21(30)23-8-12-10-31-18-14(12)9-26(20(18)29)16-3-2-4-17(27)25-19(16)28/h5-7,10,16H,2-4,8-9H2,1H3,(H2,23,24,30)(H,25,27,28)/t16-/m0/s1. The number of carbonyl (C=O) groups excluding carboxylic acids is 4. The molecule has 3 N–H and O–H groups in total. The lowest BCUT2D eigenvalue weighted by Crippen LogP contribution is -2.47. The van der Waals surface area contributed by atoms with Gasteiger partial charge in [-0.2, -0.15) is 0 Å². The molecule has 10 heteroatoms. The van der Waals surface area contributed by atoms with Crippen LogP contribution in [0.1, 0.15) is 45.6 Å². The van der Waals surface area contributed by atoms with Crippen LogP contribution < -0.4 is 16.0 Å². The number of thiophene rings is 1. The summed E-state index contributed by atoms with van der Waals surface area (Å²) in [7, 11) is 0. The Kier molecular flexibility index (Phi) is 5.97. The van der Waals surface area contributed by atoms with E-state index in [1.54, 1.807) is 12.1 Å². The molecule has 0 unspecified atom stereocenters. The normalized spacial score (nSPS) is 18.5. The summed E-state index contributed by atoms with van der Waals surface area (Å²) >= 11 is 7.39. The van der Waals surface area contributed by atoms with Gasteiger partial charge in [0, 0.05) is 35.8 Å². The minimum absolute atomic E-state index is 0.209. The molecule has 0 radical (unpaired) electrons. The van der Waals surface area contributed by atoms with Crippen molar-refractivity contribution in [1.82, 2.24) is 15.5 Å². The van der Waals surface area contributed by atoms with Crippen LogP contribution >= 0.6 is 22.9 Å². The van der Waals surface area contributed by atoms with Crippen molar-refractivity contribution in [3.63, 3.8) is 0 Å². The Morgan fingerprint density at radius 3 is 2.90 bits per heavy atom. The third-order valence-corrected chi connectivity index (χ3v) is 6.92. The minimum Gasteiger partial charge on any atom is -0.334 e. The maximum atomic E-state index is 12.8. The number of benzene rings is 1. The van der Waals surface area contributed by atoms with Gasteiger partial charge in [0.05, 0.1) is 4.88 Å². The Morgan fingerprint density at radius 1 is 1.32 bits per heavy atom. The van der Waals surface area contributed by atoms with Gasteiger partial charge in [-0.05, 0) is 48.4 Å². The van der Waals surface area contributed by atoms with E-state index in [-0.39, 0.29) is 37.4 Å². The van der Waals surface area contributed by atoms with E-state index >= 15 is 0 Å². The van der Waals surface area contributed by atoms with Crippen LogP contribution in [0.3, 0.4) is 0 Å². The van der Waals surface area contributed by atoms with Gasteiger partial charge in [0.15, 0.2) is 0 Å². The number of hydrogen-bond acceptors (Lipinski definition) is 5. The number of amides is 5. The third-order valence-electron chi connectivity index (χ3n) is 5.46. The zero-order valence-corrected chi connectivity index (χ0v) is 18.4. The summed E-state index contributed by atoms with van der Waals surface area (Å²) in [5.41, 5.74) is 3.15. The summed E-state index contributed by atoms with van der Waals surface area (Å²) in [4.78, 5) is 51.1. The fraction of sp³-hybridized carbons (Fsp3) is 0.333. The predicted molar refractivity (Wildman–Crippen MR) is 117 cm³/mol. The van der Waals surface area contributed by atoms with Gasteiger partial charge in [-0.3, -0.25) is 19.7 Å². The molecular weight excluding hydrogens is 440 g/mol. The molecule has 0 spiro atoms. The highest BCUT2D eigenvalue weighted by Gasteiger charge is 2.39. The highest BCUT2D eigenvalue weighted by molar-refractivity contribution is 7.12. The highest BCUT2D eigenvalue weighted by atomic mass is 35.5. The second kappa shape index (κ2) is 8.68. The Labute approximate surface area is 187 Å². The maximum absolute atomic E-state index is 12.8. The van der Waals surface area contributed by atoms with Crippen molar-refractivity contribution in [3.05, 3.63) is 50.2 Å². The van der Waals surface area contributed by atoms with Gasteiger partial charge in [-0.15, -0.1) is 11.3 Å². The Morgan fingerprint density at radius 2 is 2.13 bits per heavy atom. The van der Waals surface area contributed by atoms with Crippen molar-refractivity contribution in [1.29, 1.82) is 0 Å². The molecule has 4 rings (SSSR count). The van der Waals surface area contributed by atoms with Crippen LogP contribution in [0.2, 0.25) is 5.02 Å². The molecule has 8 nitrogen and oxygen atoms in total. The van der Waals surface area contributed by atoms with E-state index < -0.39 is 11.9 Å². The van der Waals surface area contributed by atoms with Gasteiger partial charge < -0.3 is 15.5 Å². The number of anilines is 1. The number of imide groups is 1. The SMILES string of the molecule is Cc1ccc(NC(=O)NCc2csc3c2CN([C@H]2CCCC(=O)NC2=O)C3=O)cc1Cl. The summed E-state index contributed by atoms with van der Waals surface area (Å²) in [6.07, 6.45) is 1.28. The van der Waals surface area contributed by atoms with E-state index in [9.17, 15) is 19.2 Å². The molecule has 1 saturated heterocycles. The molecule has 5 amide bonds. The van der Waals surface area contributed by atoms with Gasteiger partial charge in [0.2, 0.25) is 11.8 Å². The first-order chi connectivity index (χ1) is 14.8. The first-order valence-corrected chi connectivity index (χ1v) is 11.1. The number of nitrogens with one attached hydrogen (secondary N) is 3. The second-order valence-electron chi connectivity index (χ2n) is 7.59. The van der Waals surface area contributed by atoms with E-state index in [0.29, 0.717) is 28.4 Å². The highest BCUT2D eigenvalue weighted by Crippen LogP contribution is 2.34. The van der Waals surface area contributed by atoms with Crippen molar-refractivity contribution >= 4 is 52.4 Å². The molecule has 0 saturated carbocycles. The van der Waals surface area contributed by atoms with Crippen molar-refractivity contribution in [2.75, 3.05) is 5.32 Å². The number of hydrogen-bond donors (Lipinski definition) is 3. The first kappa shape index (κ1) is 21.3. The summed E-state index contributed by atoms with van der Waals surface area (Å²) in [6, 6.07) is 4.22. The van der Waals surface area contributed by atoms with Crippen LogP contribution in [-0.4, -0.2) is 34.7 Å². The summed E-state index contributed by atoms with van der Waals surface area (Å²) in [5, 5.41) is 10.3. The number of aryl methyl sites for hydroxylation is 1. The lowest BCUT2D eigenvalue weighted by molar-refractivity contribution is -0.132. The number of carbonyl (C=O) groups is 4. The van der Waals surface area contributed by atoms with Crippen LogP contribution in [0.15, 0.2) is 23.6 Å². The monoisotopic (exact) mass is 460 g/mol. The average molecular weight is 461 g/mol. The molecule has 2 aromatic rings. The molecule has 0 aliphatic carbocycles. The minimum atomic E-state index is -0.658. The van der Waals surface area contributed by atoms with E-state index in [1.807, 2.05) is 18.4 Å². The summed E-state index contributed by atoms with van der Waals surface area (Å²) < 4.78 is 0. The maximum Gasteiger partial charge on any atom is 0.319 e. The molecule has 1 aromatic heterocycles. The fourth-order valence-corrected chi connectivity index (χ4v) is 4.95. The quantitative estimate of drug-likeness (QED) is 0.609. The molecule has 2 aliphatic rings. The second-order valence-corrected chi connectivity index (χ2v) is 8.88. The van der Waals surface area contributed by atoms with Crippen molar-refractivity contribution in [2.45, 2.75) is 45.3 Å². The van der Waals surface area contributed by atoms with Crippen LogP contribution in [-0.2, 0) is 22.7 Å². The third kappa shape index (κ3) is 4.42. The Hall–Kier alpha value is -2.91. The van der Waals surface area contributed by atoms with Crippen molar-refractivity contribution in [3.8, 4) is 0 Å². The number of rotatable bonds is 4. The molecule has 0 bridgehead atoms. The lowest BCUT2D eigenvalue weighted by Gasteiger charge is -2.25. The van der Waals surface area contributed by atoms with Gasteiger partial charge in [-0.1, -0.05) is 17.7 Å². The van der Waals surface area contributed by atoms with Gasteiger partial charge >= 0.3 is 6.03 Å². The topological polar surface area (TPSA) is 108 Å². The zero-order chi connectivity index (χ0) is 22.1. The average Bonchev–Trinajstić information content (AvgIpc) is 3.21. The van der Waals surface area contributed by atoms with Crippen LogP contribution in [0, 0.1) is 6.92 Å². The molecule has 1 aromatic carbocycles. The van der Waals surface area contributed by atoms with E-state index in [4.69, 9.17) is 11.6 Å². The number of nitrogens with zero attached hydrogens (tertiary/aromatic N) is 1. The van der Waals surface area contributed by atoms with Crippen LogP contribution in [0.25, 0.3) is 0 Å². The van der Waals surface area contributed by atoms with Gasteiger partial charge in [-0.25, -0.2) is 4.79 Å². The number of halogens is 1. The molecule has 3 heterocycles. The first-order valence-electron chi connectivity index (χ1n) is 9.88. The molecule has 1 atom stereocenters. The van der Waals surface area contributed by atoms with E-state index in [1.165, 1.54) is 16.2 Å². The molecule has 1 fully saturated rings. The Bertz CT molecular complexity index is 1080. The summed E-state index contributed by atoms with van der Waals surface area (Å²) in [5.74, 6) is -0.944.